The summed E-state index contributed by atoms with van der Waals surface area (Å²) < 4.78 is 6.17. The van der Waals surface area contributed by atoms with E-state index in [1.807, 2.05) is 0 Å². The van der Waals surface area contributed by atoms with Gasteiger partial charge in [0.15, 0.2) is 0 Å². The molecule has 2 nitrogen and oxygen atoms in total. The van der Waals surface area contributed by atoms with Gasteiger partial charge in [-0.25, -0.2) is 0 Å². The molecule has 1 heterocycles. The predicted octanol–water partition coefficient (Wildman–Crippen LogP) is 4.53. The van der Waals surface area contributed by atoms with Gasteiger partial charge in [-0.2, -0.15) is 0 Å². The van der Waals surface area contributed by atoms with Crippen molar-refractivity contribution in [2.75, 3.05) is 13.2 Å². The Bertz CT molecular complexity index is 347. The third kappa shape index (κ3) is 3.17. The minimum atomic E-state index is 0.289. The van der Waals surface area contributed by atoms with Gasteiger partial charge in [-0.15, -0.1) is 0 Å². The van der Waals surface area contributed by atoms with Crippen LogP contribution in [0.4, 0.5) is 0 Å². The summed E-state index contributed by atoms with van der Waals surface area (Å²) in [5.74, 6) is 1.71. The molecule has 0 aromatic heterocycles. The average molecular weight is 293 g/mol. The summed E-state index contributed by atoms with van der Waals surface area (Å²) in [4.78, 5) is 0. The zero-order valence-corrected chi connectivity index (χ0v) is 14.4. The highest BCUT2D eigenvalue weighted by Gasteiger charge is 2.48. The maximum absolute atomic E-state index is 6.17. The molecule has 0 radical (unpaired) electrons. The van der Waals surface area contributed by atoms with Crippen LogP contribution in [0.3, 0.4) is 0 Å². The van der Waals surface area contributed by atoms with Crippen molar-refractivity contribution in [3.05, 3.63) is 0 Å². The average Bonchev–Trinajstić information content (AvgIpc) is 2.78. The van der Waals surface area contributed by atoms with Crippen LogP contribution >= 0.6 is 0 Å². The van der Waals surface area contributed by atoms with Gasteiger partial charge in [-0.1, -0.05) is 27.2 Å². The van der Waals surface area contributed by atoms with Crippen LogP contribution in [0.2, 0.25) is 0 Å². The molecule has 3 unspecified atom stereocenters. The molecular formula is C19H35NO. The van der Waals surface area contributed by atoms with Crippen molar-refractivity contribution in [1.29, 1.82) is 0 Å². The standard InChI is InChI=1S/C19H35NO/c1-4-12-20-17(16-7-5-9-18(16,2)3)15-8-13-21-19(14-15)10-6-11-19/h15-17,20H,4-14H2,1-3H3. The fraction of sp³-hybridized carbons (Fsp3) is 1.00. The van der Waals surface area contributed by atoms with Crippen molar-refractivity contribution >= 4 is 0 Å². The van der Waals surface area contributed by atoms with E-state index in [1.54, 1.807) is 0 Å². The van der Waals surface area contributed by atoms with Gasteiger partial charge >= 0.3 is 0 Å². The SMILES string of the molecule is CCCNC(C1CCOC2(CCC2)C1)C1CCCC1(C)C. The summed E-state index contributed by atoms with van der Waals surface area (Å²) in [6.07, 6.45) is 12.1. The van der Waals surface area contributed by atoms with Gasteiger partial charge in [0.05, 0.1) is 5.60 Å². The third-order valence-corrected chi connectivity index (χ3v) is 6.71. The van der Waals surface area contributed by atoms with Crippen LogP contribution in [-0.2, 0) is 4.74 Å². The van der Waals surface area contributed by atoms with Gasteiger partial charge in [-0.05, 0) is 75.2 Å². The van der Waals surface area contributed by atoms with Gasteiger partial charge < -0.3 is 10.1 Å². The van der Waals surface area contributed by atoms with Crippen LogP contribution in [0.15, 0.2) is 0 Å². The second kappa shape index (κ2) is 6.20. The number of ether oxygens (including phenoxy) is 1. The molecule has 1 spiro atoms. The minimum absolute atomic E-state index is 0.289. The van der Waals surface area contributed by atoms with E-state index >= 15 is 0 Å². The first-order valence-corrected chi connectivity index (χ1v) is 9.44. The number of hydrogen-bond acceptors (Lipinski definition) is 2. The van der Waals surface area contributed by atoms with E-state index in [2.05, 4.69) is 26.1 Å². The molecule has 21 heavy (non-hydrogen) atoms. The van der Waals surface area contributed by atoms with Gasteiger partial charge in [0.25, 0.3) is 0 Å². The monoisotopic (exact) mass is 293 g/mol. The Labute approximate surface area is 131 Å². The van der Waals surface area contributed by atoms with E-state index in [0.717, 1.165) is 24.5 Å². The maximum Gasteiger partial charge on any atom is 0.0685 e. The summed E-state index contributed by atoms with van der Waals surface area (Å²) >= 11 is 0. The number of hydrogen-bond donors (Lipinski definition) is 1. The maximum atomic E-state index is 6.17. The van der Waals surface area contributed by atoms with Crippen molar-refractivity contribution in [2.45, 2.75) is 90.2 Å². The minimum Gasteiger partial charge on any atom is -0.375 e. The lowest BCUT2D eigenvalue weighted by Crippen LogP contribution is -2.53. The highest BCUT2D eigenvalue weighted by Crippen LogP contribution is 2.50. The molecule has 3 atom stereocenters. The van der Waals surface area contributed by atoms with Crippen molar-refractivity contribution < 1.29 is 4.74 Å². The van der Waals surface area contributed by atoms with Crippen LogP contribution in [0, 0.1) is 17.3 Å². The summed E-state index contributed by atoms with van der Waals surface area (Å²) in [6, 6.07) is 0.726. The highest BCUT2D eigenvalue weighted by molar-refractivity contribution is 5.01. The fourth-order valence-electron chi connectivity index (χ4n) is 5.26. The second-order valence-electron chi connectivity index (χ2n) is 8.61. The van der Waals surface area contributed by atoms with E-state index < -0.39 is 0 Å². The van der Waals surface area contributed by atoms with E-state index in [0.29, 0.717) is 5.41 Å². The Morgan fingerprint density at radius 1 is 1.14 bits per heavy atom. The number of nitrogens with one attached hydrogen (secondary N) is 1. The van der Waals surface area contributed by atoms with Gasteiger partial charge in [0.2, 0.25) is 0 Å². The summed E-state index contributed by atoms with van der Waals surface area (Å²) in [5, 5.41) is 3.97. The molecule has 0 aromatic rings. The molecule has 2 aliphatic carbocycles. The Morgan fingerprint density at radius 2 is 1.95 bits per heavy atom. The zero-order valence-electron chi connectivity index (χ0n) is 14.4. The van der Waals surface area contributed by atoms with E-state index in [-0.39, 0.29) is 5.60 Å². The lowest BCUT2D eigenvalue weighted by Gasteiger charge is -2.50. The van der Waals surface area contributed by atoms with Crippen LogP contribution in [0.5, 0.6) is 0 Å². The molecule has 1 aliphatic heterocycles. The quantitative estimate of drug-likeness (QED) is 0.804. The van der Waals surface area contributed by atoms with Crippen molar-refractivity contribution in [1.82, 2.24) is 5.32 Å². The second-order valence-corrected chi connectivity index (χ2v) is 8.61. The summed E-state index contributed by atoms with van der Waals surface area (Å²) in [5.41, 5.74) is 0.814. The smallest absolute Gasteiger partial charge is 0.0685 e. The molecule has 0 bridgehead atoms. The van der Waals surface area contributed by atoms with Gasteiger partial charge in [0, 0.05) is 12.6 Å². The van der Waals surface area contributed by atoms with E-state index in [4.69, 9.17) is 4.74 Å². The van der Waals surface area contributed by atoms with Crippen molar-refractivity contribution in [3.63, 3.8) is 0 Å². The Balaban J connectivity index is 1.72. The van der Waals surface area contributed by atoms with Crippen LogP contribution in [0.25, 0.3) is 0 Å². The largest absolute Gasteiger partial charge is 0.375 e. The Kier molecular flexibility index (Phi) is 4.66. The number of rotatable bonds is 5. The van der Waals surface area contributed by atoms with Crippen LogP contribution in [0.1, 0.15) is 78.6 Å². The summed E-state index contributed by atoms with van der Waals surface area (Å²) in [7, 11) is 0. The van der Waals surface area contributed by atoms with Crippen LogP contribution in [-0.4, -0.2) is 24.8 Å². The highest BCUT2D eigenvalue weighted by atomic mass is 16.5. The first-order chi connectivity index (χ1) is 10.1. The fourth-order valence-corrected chi connectivity index (χ4v) is 5.26. The van der Waals surface area contributed by atoms with E-state index in [1.165, 1.54) is 64.3 Å². The molecule has 3 rings (SSSR count). The molecule has 122 valence electrons. The molecule has 0 aromatic carbocycles. The molecular weight excluding hydrogens is 258 g/mol. The van der Waals surface area contributed by atoms with E-state index in [9.17, 15) is 0 Å². The molecule has 1 saturated heterocycles. The predicted molar refractivity (Wildman–Crippen MR) is 88.5 cm³/mol. The van der Waals surface area contributed by atoms with Crippen molar-refractivity contribution in [3.8, 4) is 0 Å². The topological polar surface area (TPSA) is 21.3 Å². The summed E-state index contributed by atoms with van der Waals surface area (Å²) in [6.45, 7) is 9.48. The van der Waals surface area contributed by atoms with Crippen LogP contribution < -0.4 is 5.32 Å². The molecule has 2 heteroatoms. The zero-order chi connectivity index (χ0) is 14.9. The van der Waals surface area contributed by atoms with Gasteiger partial charge in [-0.3, -0.25) is 0 Å². The van der Waals surface area contributed by atoms with Crippen molar-refractivity contribution in [2.24, 2.45) is 17.3 Å². The first-order valence-electron chi connectivity index (χ1n) is 9.44. The lowest BCUT2D eigenvalue weighted by molar-refractivity contribution is -0.150. The lowest BCUT2D eigenvalue weighted by atomic mass is 9.66. The molecule has 2 saturated carbocycles. The third-order valence-electron chi connectivity index (χ3n) is 6.71. The molecule has 3 aliphatic rings. The normalized spacial score (nSPS) is 35.6. The molecule has 3 fully saturated rings. The molecule has 1 N–H and O–H groups in total. The molecule has 0 amide bonds. The Morgan fingerprint density at radius 3 is 2.52 bits per heavy atom. The Hall–Kier alpha value is -0.0800. The van der Waals surface area contributed by atoms with Gasteiger partial charge in [0.1, 0.15) is 0 Å². The first kappa shape index (κ1) is 15.8.